The van der Waals surface area contributed by atoms with E-state index >= 15 is 0 Å². The van der Waals surface area contributed by atoms with E-state index < -0.39 is 0 Å². The Kier molecular flexibility index (Phi) is 3.31. The summed E-state index contributed by atoms with van der Waals surface area (Å²) in [5.74, 6) is -0.0739. The zero-order valence-electron chi connectivity index (χ0n) is 12.6. The van der Waals surface area contributed by atoms with Gasteiger partial charge in [-0.3, -0.25) is 4.79 Å². The summed E-state index contributed by atoms with van der Waals surface area (Å²) in [7, 11) is 0. The Balaban J connectivity index is 2.23. The van der Waals surface area contributed by atoms with Crippen LogP contribution in [0, 0.1) is 0 Å². The highest BCUT2D eigenvalue weighted by molar-refractivity contribution is 9.10. The van der Waals surface area contributed by atoms with Crippen LogP contribution in [0.25, 0.3) is 32.3 Å². The second-order valence-corrected chi connectivity index (χ2v) is 6.50. The molecule has 1 N–H and O–H groups in total. The number of anilines is 1. The van der Waals surface area contributed by atoms with Crippen molar-refractivity contribution in [2.45, 2.75) is 6.92 Å². The zero-order chi connectivity index (χ0) is 16.0. The second kappa shape index (κ2) is 5.36. The van der Waals surface area contributed by atoms with Crippen LogP contribution in [0.2, 0.25) is 0 Å². The number of halogens is 1. The SMILES string of the molecule is CC(=O)Nc1cc2c3ccccc3c3ccccc3c2cc1Br. The molecule has 0 bridgehead atoms. The normalized spacial score (nSPS) is 11.2. The van der Waals surface area contributed by atoms with E-state index in [0.29, 0.717) is 0 Å². The summed E-state index contributed by atoms with van der Waals surface area (Å²) >= 11 is 3.58. The molecule has 0 unspecified atom stereocenters. The van der Waals surface area contributed by atoms with Crippen LogP contribution in [0.5, 0.6) is 0 Å². The molecule has 0 saturated carbocycles. The summed E-state index contributed by atoms with van der Waals surface area (Å²) < 4.78 is 0.889. The van der Waals surface area contributed by atoms with Gasteiger partial charge in [-0.2, -0.15) is 0 Å². The van der Waals surface area contributed by atoms with Gasteiger partial charge in [-0.1, -0.05) is 48.5 Å². The lowest BCUT2D eigenvalue weighted by molar-refractivity contribution is -0.114. The molecule has 0 aliphatic rings. The number of carbonyl (C=O) groups is 1. The quantitative estimate of drug-likeness (QED) is 0.421. The van der Waals surface area contributed by atoms with Crippen molar-refractivity contribution in [3.8, 4) is 0 Å². The Labute approximate surface area is 142 Å². The largest absolute Gasteiger partial charge is 0.325 e. The maximum Gasteiger partial charge on any atom is 0.221 e. The first-order valence-corrected chi connectivity index (χ1v) is 8.25. The van der Waals surface area contributed by atoms with Gasteiger partial charge < -0.3 is 5.32 Å². The Hall–Kier alpha value is -2.39. The molecule has 2 nitrogen and oxygen atoms in total. The number of nitrogens with one attached hydrogen (secondary N) is 1. The number of hydrogen-bond acceptors (Lipinski definition) is 1. The van der Waals surface area contributed by atoms with E-state index in [9.17, 15) is 4.79 Å². The lowest BCUT2D eigenvalue weighted by atomic mass is 9.94. The third-order valence-electron chi connectivity index (χ3n) is 4.14. The van der Waals surface area contributed by atoms with E-state index in [1.807, 2.05) is 0 Å². The van der Waals surface area contributed by atoms with Gasteiger partial charge in [-0.15, -0.1) is 0 Å². The predicted octanol–water partition coefficient (Wildman–Crippen LogP) is 5.87. The van der Waals surface area contributed by atoms with E-state index in [2.05, 4.69) is 81.9 Å². The number of rotatable bonds is 1. The number of benzene rings is 4. The lowest BCUT2D eigenvalue weighted by Crippen LogP contribution is -2.06. The minimum absolute atomic E-state index is 0.0739. The predicted molar refractivity (Wildman–Crippen MR) is 101 cm³/mol. The molecule has 4 aromatic carbocycles. The van der Waals surface area contributed by atoms with Crippen molar-refractivity contribution in [1.29, 1.82) is 0 Å². The molecule has 0 spiro atoms. The van der Waals surface area contributed by atoms with Crippen molar-refractivity contribution in [2.24, 2.45) is 0 Å². The molecule has 23 heavy (non-hydrogen) atoms. The standard InChI is InChI=1S/C20H14BrNO/c1-12(23)22-20-11-18-16-9-5-3-7-14(16)13-6-2-4-8-15(13)17(18)10-19(20)21/h2-11H,1H3,(H,22,23). The molecule has 0 aromatic heterocycles. The lowest BCUT2D eigenvalue weighted by Gasteiger charge is -2.13. The van der Waals surface area contributed by atoms with Gasteiger partial charge in [0.1, 0.15) is 0 Å². The Morgan fingerprint density at radius 1 is 0.783 bits per heavy atom. The highest BCUT2D eigenvalue weighted by Gasteiger charge is 2.11. The number of fused-ring (bicyclic) bond motifs is 6. The third kappa shape index (κ3) is 2.28. The van der Waals surface area contributed by atoms with Gasteiger partial charge in [0, 0.05) is 11.4 Å². The molecule has 1 amide bonds. The van der Waals surface area contributed by atoms with Crippen LogP contribution in [0.4, 0.5) is 5.69 Å². The number of hydrogen-bond donors (Lipinski definition) is 1. The Morgan fingerprint density at radius 2 is 1.22 bits per heavy atom. The van der Waals surface area contributed by atoms with Gasteiger partial charge >= 0.3 is 0 Å². The van der Waals surface area contributed by atoms with Gasteiger partial charge in [-0.05, 0) is 60.4 Å². The summed E-state index contributed by atoms with van der Waals surface area (Å²) in [6.07, 6.45) is 0. The molecule has 3 heteroatoms. The fourth-order valence-electron chi connectivity index (χ4n) is 3.21. The number of amides is 1. The fourth-order valence-corrected chi connectivity index (χ4v) is 3.65. The van der Waals surface area contributed by atoms with Crippen LogP contribution in [0.15, 0.2) is 65.1 Å². The van der Waals surface area contributed by atoms with Gasteiger partial charge in [-0.25, -0.2) is 0 Å². The van der Waals surface area contributed by atoms with E-state index in [1.165, 1.54) is 33.9 Å². The maximum absolute atomic E-state index is 11.4. The monoisotopic (exact) mass is 363 g/mol. The number of carbonyl (C=O) groups excluding carboxylic acids is 1. The highest BCUT2D eigenvalue weighted by Crippen LogP contribution is 2.38. The van der Waals surface area contributed by atoms with E-state index in [4.69, 9.17) is 0 Å². The minimum Gasteiger partial charge on any atom is -0.325 e. The molecular weight excluding hydrogens is 350 g/mol. The van der Waals surface area contributed by atoms with Crippen LogP contribution in [-0.2, 0) is 4.79 Å². The molecule has 0 heterocycles. The Bertz CT molecular complexity index is 1090. The van der Waals surface area contributed by atoms with Crippen LogP contribution >= 0.6 is 15.9 Å². The van der Waals surface area contributed by atoms with E-state index in [-0.39, 0.29) is 5.91 Å². The van der Waals surface area contributed by atoms with Crippen LogP contribution in [0.3, 0.4) is 0 Å². The molecule has 4 aromatic rings. The van der Waals surface area contributed by atoms with Crippen LogP contribution < -0.4 is 5.32 Å². The van der Waals surface area contributed by atoms with Crippen LogP contribution in [-0.4, -0.2) is 5.91 Å². The highest BCUT2D eigenvalue weighted by atomic mass is 79.9. The molecule has 4 rings (SSSR count). The van der Waals surface area contributed by atoms with Gasteiger partial charge in [0.2, 0.25) is 5.91 Å². The average molecular weight is 364 g/mol. The molecule has 0 fully saturated rings. The van der Waals surface area contributed by atoms with E-state index in [0.717, 1.165) is 15.5 Å². The van der Waals surface area contributed by atoms with Crippen molar-refractivity contribution >= 4 is 59.8 Å². The molecule has 0 saturated heterocycles. The summed E-state index contributed by atoms with van der Waals surface area (Å²) in [4.78, 5) is 11.4. The third-order valence-corrected chi connectivity index (χ3v) is 4.80. The molecule has 0 atom stereocenters. The van der Waals surface area contributed by atoms with E-state index in [1.54, 1.807) is 0 Å². The molecule has 0 aliphatic carbocycles. The average Bonchev–Trinajstić information content (AvgIpc) is 2.56. The van der Waals surface area contributed by atoms with Gasteiger partial charge in [0.25, 0.3) is 0 Å². The van der Waals surface area contributed by atoms with Crippen molar-refractivity contribution in [3.63, 3.8) is 0 Å². The molecule has 0 radical (unpaired) electrons. The summed E-state index contributed by atoms with van der Waals surface area (Å²) in [6, 6.07) is 21.0. The summed E-state index contributed by atoms with van der Waals surface area (Å²) in [6.45, 7) is 1.52. The van der Waals surface area contributed by atoms with Crippen molar-refractivity contribution in [2.75, 3.05) is 5.32 Å². The van der Waals surface area contributed by atoms with Gasteiger partial charge in [0.15, 0.2) is 0 Å². The smallest absolute Gasteiger partial charge is 0.221 e. The second-order valence-electron chi connectivity index (χ2n) is 5.65. The molecule has 0 aliphatic heterocycles. The topological polar surface area (TPSA) is 29.1 Å². The van der Waals surface area contributed by atoms with Crippen molar-refractivity contribution in [3.05, 3.63) is 65.1 Å². The minimum atomic E-state index is -0.0739. The summed E-state index contributed by atoms with van der Waals surface area (Å²) in [5, 5.41) is 10.1. The van der Waals surface area contributed by atoms with Crippen molar-refractivity contribution in [1.82, 2.24) is 0 Å². The van der Waals surface area contributed by atoms with Gasteiger partial charge in [0.05, 0.1) is 5.69 Å². The molecule has 112 valence electrons. The first-order chi connectivity index (χ1) is 11.1. The molecular formula is C20H14BrNO. The fraction of sp³-hybridized carbons (Fsp3) is 0.0500. The first-order valence-electron chi connectivity index (χ1n) is 7.45. The zero-order valence-corrected chi connectivity index (χ0v) is 14.1. The maximum atomic E-state index is 11.4. The summed E-state index contributed by atoms with van der Waals surface area (Å²) in [5.41, 5.74) is 0.797. The first kappa shape index (κ1) is 14.2. The van der Waals surface area contributed by atoms with Crippen LogP contribution in [0.1, 0.15) is 6.92 Å². The Morgan fingerprint density at radius 3 is 1.70 bits per heavy atom. The van der Waals surface area contributed by atoms with Crippen molar-refractivity contribution < 1.29 is 4.79 Å².